The third-order valence-corrected chi connectivity index (χ3v) is 6.35. The molecule has 1 saturated heterocycles. The van der Waals surface area contributed by atoms with Crippen molar-refractivity contribution in [2.75, 3.05) is 0 Å². The molecule has 2 fully saturated rings. The summed E-state index contributed by atoms with van der Waals surface area (Å²) in [7, 11) is 0. The molecular formula is C24H37NO2. The van der Waals surface area contributed by atoms with Gasteiger partial charge >= 0.3 is 0 Å². The molecule has 3 rings (SSSR count). The molecule has 1 aromatic carbocycles. The van der Waals surface area contributed by atoms with Crippen molar-refractivity contribution in [2.24, 2.45) is 0 Å². The molecule has 1 aliphatic carbocycles. The van der Waals surface area contributed by atoms with Crippen LogP contribution in [0.5, 0.6) is 0 Å². The summed E-state index contributed by atoms with van der Waals surface area (Å²) in [5.74, 6) is 0. The van der Waals surface area contributed by atoms with E-state index in [1.807, 2.05) is 6.08 Å². The van der Waals surface area contributed by atoms with Crippen LogP contribution in [0.15, 0.2) is 30.8 Å². The molecule has 0 bridgehead atoms. The van der Waals surface area contributed by atoms with Gasteiger partial charge in [-0.25, -0.2) is 0 Å². The van der Waals surface area contributed by atoms with E-state index in [2.05, 4.69) is 63.6 Å². The topological polar surface area (TPSA) is 21.7 Å². The third kappa shape index (κ3) is 4.82. The first kappa shape index (κ1) is 20.6. The number of hydroxylamine groups is 2. The smallest absolute Gasteiger partial charge is 0.0793 e. The maximum Gasteiger partial charge on any atom is 0.0793 e. The lowest BCUT2D eigenvalue weighted by Gasteiger charge is -2.55. The van der Waals surface area contributed by atoms with Gasteiger partial charge < -0.3 is 4.74 Å². The fourth-order valence-corrected chi connectivity index (χ4v) is 4.68. The summed E-state index contributed by atoms with van der Waals surface area (Å²) in [6.07, 6.45) is 10.8. The maximum atomic E-state index is 6.62. The SMILES string of the molecule is C=Cc1ccc(COC2CCC(C)(C)N(OC3CCCCC3)C2(C)C)cc1. The van der Waals surface area contributed by atoms with Gasteiger partial charge in [-0.2, -0.15) is 5.06 Å². The molecule has 0 radical (unpaired) electrons. The number of hydrogen-bond acceptors (Lipinski definition) is 3. The van der Waals surface area contributed by atoms with Gasteiger partial charge in [-0.1, -0.05) is 56.2 Å². The molecule has 1 aromatic rings. The molecule has 27 heavy (non-hydrogen) atoms. The van der Waals surface area contributed by atoms with Gasteiger partial charge in [-0.15, -0.1) is 0 Å². The first-order valence-corrected chi connectivity index (χ1v) is 10.6. The molecule has 1 unspecified atom stereocenters. The Kier molecular flexibility index (Phi) is 6.45. The van der Waals surface area contributed by atoms with Gasteiger partial charge in [0.25, 0.3) is 0 Å². The van der Waals surface area contributed by atoms with E-state index in [1.165, 1.54) is 37.7 Å². The van der Waals surface area contributed by atoms with Gasteiger partial charge in [0.15, 0.2) is 0 Å². The van der Waals surface area contributed by atoms with E-state index in [0.717, 1.165) is 18.4 Å². The van der Waals surface area contributed by atoms with Crippen molar-refractivity contribution in [3.05, 3.63) is 42.0 Å². The monoisotopic (exact) mass is 371 g/mol. The molecule has 1 heterocycles. The van der Waals surface area contributed by atoms with Crippen molar-refractivity contribution in [2.45, 2.75) is 103 Å². The molecule has 2 aliphatic rings. The van der Waals surface area contributed by atoms with Crippen LogP contribution in [-0.2, 0) is 16.2 Å². The second kappa shape index (κ2) is 8.46. The Morgan fingerprint density at radius 3 is 2.33 bits per heavy atom. The predicted octanol–water partition coefficient (Wildman–Crippen LogP) is 6.13. The van der Waals surface area contributed by atoms with Crippen molar-refractivity contribution < 1.29 is 9.57 Å². The Balaban J connectivity index is 1.67. The summed E-state index contributed by atoms with van der Waals surface area (Å²) in [5, 5.41) is 2.28. The van der Waals surface area contributed by atoms with Crippen LogP contribution in [0.1, 0.15) is 83.8 Å². The zero-order valence-electron chi connectivity index (χ0n) is 17.7. The molecular weight excluding hydrogens is 334 g/mol. The zero-order valence-corrected chi connectivity index (χ0v) is 17.7. The summed E-state index contributed by atoms with van der Waals surface area (Å²) in [5.41, 5.74) is 2.23. The molecule has 3 nitrogen and oxygen atoms in total. The predicted molar refractivity (Wildman–Crippen MR) is 112 cm³/mol. The van der Waals surface area contributed by atoms with Crippen LogP contribution in [0, 0.1) is 0 Å². The second-order valence-corrected chi connectivity index (χ2v) is 9.41. The van der Waals surface area contributed by atoms with E-state index in [0.29, 0.717) is 12.7 Å². The standard InChI is InChI=1S/C24H37NO2/c1-6-19-12-14-20(15-13-19)18-26-22-16-17-23(2,3)25(24(22,4)5)27-21-10-8-7-9-11-21/h6,12-15,21-22H,1,7-11,16-18H2,2-5H3. The third-order valence-electron chi connectivity index (χ3n) is 6.35. The summed E-state index contributed by atoms with van der Waals surface area (Å²) in [4.78, 5) is 6.62. The lowest BCUT2D eigenvalue weighted by Crippen LogP contribution is -2.65. The van der Waals surface area contributed by atoms with Gasteiger partial charge in [0.1, 0.15) is 0 Å². The van der Waals surface area contributed by atoms with Gasteiger partial charge in [-0.05, 0) is 64.5 Å². The average Bonchev–Trinajstić information content (AvgIpc) is 2.66. The van der Waals surface area contributed by atoms with E-state index >= 15 is 0 Å². The first-order chi connectivity index (χ1) is 12.8. The van der Waals surface area contributed by atoms with Crippen molar-refractivity contribution in [3.63, 3.8) is 0 Å². The summed E-state index contributed by atoms with van der Waals surface area (Å²) >= 11 is 0. The van der Waals surface area contributed by atoms with Gasteiger partial charge in [-0.3, -0.25) is 4.84 Å². The number of hydrogen-bond donors (Lipinski definition) is 0. The lowest BCUT2D eigenvalue weighted by atomic mass is 9.79. The van der Waals surface area contributed by atoms with Crippen LogP contribution in [0.2, 0.25) is 0 Å². The van der Waals surface area contributed by atoms with Crippen LogP contribution in [-0.4, -0.2) is 28.3 Å². The largest absolute Gasteiger partial charge is 0.372 e. The van der Waals surface area contributed by atoms with E-state index in [-0.39, 0.29) is 17.2 Å². The molecule has 0 N–H and O–H groups in total. The summed E-state index contributed by atoms with van der Waals surface area (Å²) in [6, 6.07) is 8.46. The van der Waals surface area contributed by atoms with Crippen LogP contribution < -0.4 is 0 Å². The minimum Gasteiger partial charge on any atom is -0.372 e. The zero-order chi connectivity index (χ0) is 19.5. The number of piperidine rings is 1. The molecule has 1 saturated carbocycles. The highest BCUT2D eigenvalue weighted by Crippen LogP contribution is 2.41. The summed E-state index contributed by atoms with van der Waals surface area (Å²) in [6.45, 7) is 13.6. The molecule has 0 amide bonds. The van der Waals surface area contributed by atoms with Crippen molar-refractivity contribution in [3.8, 4) is 0 Å². The molecule has 1 atom stereocenters. The number of nitrogens with zero attached hydrogens (tertiary/aromatic N) is 1. The highest BCUT2D eigenvalue weighted by Gasteiger charge is 2.49. The fourth-order valence-electron chi connectivity index (χ4n) is 4.68. The number of rotatable bonds is 6. The highest BCUT2D eigenvalue weighted by molar-refractivity contribution is 5.47. The van der Waals surface area contributed by atoms with Crippen molar-refractivity contribution >= 4 is 6.08 Å². The Morgan fingerprint density at radius 2 is 1.70 bits per heavy atom. The maximum absolute atomic E-state index is 6.62. The molecule has 0 spiro atoms. The van der Waals surface area contributed by atoms with E-state index in [9.17, 15) is 0 Å². The fraction of sp³-hybridized carbons (Fsp3) is 0.667. The van der Waals surface area contributed by atoms with Crippen molar-refractivity contribution in [1.82, 2.24) is 5.06 Å². The van der Waals surface area contributed by atoms with Crippen LogP contribution in [0.4, 0.5) is 0 Å². The van der Waals surface area contributed by atoms with Crippen LogP contribution >= 0.6 is 0 Å². The Labute approximate surface area is 165 Å². The number of benzene rings is 1. The first-order valence-electron chi connectivity index (χ1n) is 10.6. The van der Waals surface area contributed by atoms with Gasteiger partial charge in [0.2, 0.25) is 0 Å². The second-order valence-electron chi connectivity index (χ2n) is 9.41. The Bertz CT molecular complexity index is 614. The normalized spacial score (nSPS) is 26.0. The highest BCUT2D eigenvalue weighted by atomic mass is 16.7. The average molecular weight is 372 g/mol. The quantitative estimate of drug-likeness (QED) is 0.600. The summed E-state index contributed by atoms with van der Waals surface area (Å²) < 4.78 is 6.42. The number of ether oxygens (including phenoxy) is 1. The minimum absolute atomic E-state index is 0.0341. The van der Waals surface area contributed by atoms with E-state index in [1.54, 1.807) is 0 Å². The van der Waals surface area contributed by atoms with Gasteiger partial charge in [0.05, 0.1) is 24.4 Å². The van der Waals surface area contributed by atoms with Crippen LogP contribution in [0.3, 0.4) is 0 Å². The molecule has 1 aliphatic heterocycles. The van der Waals surface area contributed by atoms with E-state index in [4.69, 9.17) is 9.57 Å². The van der Waals surface area contributed by atoms with Gasteiger partial charge in [0, 0.05) is 5.54 Å². The van der Waals surface area contributed by atoms with Crippen LogP contribution in [0.25, 0.3) is 6.08 Å². The van der Waals surface area contributed by atoms with Crippen molar-refractivity contribution in [1.29, 1.82) is 0 Å². The molecule has 3 heteroatoms. The Hall–Kier alpha value is -1.16. The lowest BCUT2D eigenvalue weighted by molar-refractivity contribution is -0.330. The van der Waals surface area contributed by atoms with E-state index < -0.39 is 0 Å². The molecule has 0 aromatic heterocycles. The Morgan fingerprint density at radius 1 is 1.04 bits per heavy atom. The molecule has 150 valence electrons. The minimum atomic E-state index is -0.153.